The number of carbonyl (C=O) groups is 1. The highest BCUT2D eigenvalue weighted by Crippen LogP contribution is 2.09. The molecule has 1 amide bonds. The molecule has 0 unspecified atom stereocenters. The van der Waals surface area contributed by atoms with Gasteiger partial charge in [-0.3, -0.25) is 14.2 Å². The number of hydrogen-bond donors (Lipinski definition) is 0. The van der Waals surface area contributed by atoms with Crippen molar-refractivity contribution in [2.24, 2.45) is 0 Å². The van der Waals surface area contributed by atoms with E-state index in [1.165, 1.54) is 18.2 Å². The molecular formula is C23H24FN5O3. The third kappa shape index (κ3) is 4.38. The lowest BCUT2D eigenvalue weighted by Crippen LogP contribution is -2.51. The first-order valence-electron chi connectivity index (χ1n) is 10.4. The number of benzene rings is 2. The first-order chi connectivity index (χ1) is 15.3. The van der Waals surface area contributed by atoms with Crippen LogP contribution in [0.3, 0.4) is 0 Å². The van der Waals surface area contributed by atoms with Crippen molar-refractivity contribution in [3.63, 3.8) is 0 Å². The second kappa shape index (κ2) is 8.88. The highest BCUT2D eigenvalue weighted by molar-refractivity contribution is 5.92. The molecule has 1 aliphatic heterocycles. The van der Waals surface area contributed by atoms with Crippen molar-refractivity contribution in [1.29, 1.82) is 0 Å². The van der Waals surface area contributed by atoms with Crippen LogP contribution in [0.4, 0.5) is 4.39 Å². The van der Waals surface area contributed by atoms with Gasteiger partial charge in [0.15, 0.2) is 0 Å². The molecule has 8 nitrogen and oxygen atoms in total. The molecule has 1 aromatic heterocycles. The van der Waals surface area contributed by atoms with Crippen LogP contribution in [-0.4, -0.2) is 63.3 Å². The van der Waals surface area contributed by atoms with E-state index in [0.29, 0.717) is 37.4 Å². The lowest BCUT2D eigenvalue weighted by atomic mass is 10.2. The molecule has 3 aromatic rings. The molecule has 166 valence electrons. The molecule has 4 rings (SSSR count). The average molecular weight is 437 g/mol. The lowest BCUT2D eigenvalue weighted by molar-refractivity contribution is 0.0652. The summed E-state index contributed by atoms with van der Waals surface area (Å²) in [6.07, 6.45) is 0. The molecule has 1 fully saturated rings. The molecule has 0 radical (unpaired) electrons. The van der Waals surface area contributed by atoms with Crippen molar-refractivity contribution in [3.05, 3.63) is 92.0 Å². The zero-order valence-electron chi connectivity index (χ0n) is 18.0. The van der Waals surface area contributed by atoms with Crippen molar-refractivity contribution in [2.45, 2.75) is 13.5 Å². The molecule has 9 heteroatoms. The summed E-state index contributed by atoms with van der Waals surface area (Å²) < 4.78 is 15.7. The largest absolute Gasteiger partial charge is 0.352 e. The lowest BCUT2D eigenvalue weighted by Gasteiger charge is -2.32. The Kier molecular flexibility index (Phi) is 6.00. The van der Waals surface area contributed by atoms with Crippen molar-refractivity contribution in [2.75, 3.05) is 33.2 Å². The van der Waals surface area contributed by atoms with Crippen molar-refractivity contribution < 1.29 is 9.18 Å². The van der Waals surface area contributed by atoms with Gasteiger partial charge in [-0.25, -0.2) is 9.18 Å². The van der Waals surface area contributed by atoms with Gasteiger partial charge in [0.25, 0.3) is 11.5 Å². The molecule has 0 bridgehead atoms. The maximum Gasteiger partial charge on any atom is 0.352 e. The Balaban J connectivity index is 1.84. The number of nitrogens with zero attached hydrogens (tertiary/aromatic N) is 5. The minimum absolute atomic E-state index is 0.174. The summed E-state index contributed by atoms with van der Waals surface area (Å²) >= 11 is 0. The van der Waals surface area contributed by atoms with Crippen LogP contribution in [0, 0.1) is 12.7 Å². The van der Waals surface area contributed by atoms with E-state index in [4.69, 9.17) is 0 Å². The second-order valence-corrected chi connectivity index (χ2v) is 8.00. The molecule has 0 aliphatic carbocycles. The Morgan fingerprint density at radius 1 is 1.03 bits per heavy atom. The van der Waals surface area contributed by atoms with Gasteiger partial charge in [0.1, 0.15) is 5.82 Å². The van der Waals surface area contributed by atoms with Crippen molar-refractivity contribution >= 4 is 5.91 Å². The number of aromatic nitrogens is 3. The Morgan fingerprint density at radius 3 is 2.38 bits per heavy atom. The van der Waals surface area contributed by atoms with E-state index in [1.807, 2.05) is 26.1 Å². The minimum Gasteiger partial charge on any atom is -0.335 e. The number of piperazine rings is 1. The first kappa shape index (κ1) is 21.6. The van der Waals surface area contributed by atoms with Gasteiger partial charge >= 0.3 is 5.69 Å². The maximum absolute atomic E-state index is 13.7. The molecule has 1 saturated heterocycles. The smallest absolute Gasteiger partial charge is 0.335 e. The summed E-state index contributed by atoms with van der Waals surface area (Å²) in [4.78, 5) is 43.2. The monoisotopic (exact) mass is 437 g/mol. The van der Waals surface area contributed by atoms with Gasteiger partial charge < -0.3 is 9.80 Å². The molecular weight excluding hydrogens is 413 g/mol. The number of rotatable bonds is 4. The SMILES string of the molecule is Cc1ccc(-n2nc(C(=O)N3CCN(C)CC3)c(=O)n(Cc3cccc(F)c3)c2=O)cc1. The number of hydrogen-bond acceptors (Lipinski definition) is 5. The number of carbonyl (C=O) groups excluding carboxylic acids is 1. The zero-order valence-corrected chi connectivity index (χ0v) is 18.0. The van der Waals surface area contributed by atoms with Gasteiger partial charge in [0.05, 0.1) is 12.2 Å². The van der Waals surface area contributed by atoms with E-state index >= 15 is 0 Å². The van der Waals surface area contributed by atoms with E-state index in [-0.39, 0.29) is 12.2 Å². The molecule has 2 heterocycles. The van der Waals surface area contributed by atoms with Gasteiger partial charge in [-0.2, -0.15) is 9.78 Å². The predicted molar refractivity (Wildman–Crippen MR) is 118 cm³/mol. The average Bonchev–Trinajstić information content (AvgIpc) is 2.78. The van der Waals surface area contributed by atoms with Crippen LogP contribution >= 0.6 is 0 Å². The fourth-order valence-electron chi connectivity index (χ4n) is 3.62. The third-order valence-electron chi connectivity index (χ3n) is 5.56. The van der Waals surface area contributed by atoms with Crippen LogP contribution in [0.2, 0.25) is 0 Å². The summed E-state index contributed by atoms with van der Waals surface area (Å²) in [5, 5.41) is 4.18. The Hall–Kier alpha value is -3.59. The van der Waals surface area contributed by atoms with E-state index in [9.17, 15) is 18.8 Å². The number of halogens is 1. The van der Waals surface area contributed by atoms with E-state index in [1.54, 1.807) is 23.1 Å². The first-order valence-corrected chi connectivity index (χ1v) is 10.4. The molecule has 32 heavy (non-hydrogen) atoms. The van der Waals surface area contributed by atoms with Gasteiger partial charge in [0, 0.05) is 26.2 Å². The van der Waals surface area contributed by atoms with Gasteiger partial charge in [-0.1, -0.05) is 29.8 Å². The van der Waals surface area contributed by atoms with Gasteiger partial charge in [-0.15, -0.1) is 0 Å². The van der Waals surface area contributed by atoms with Crippen LogP contribution in [0.25, 0.3) is 5.69 Å². The topological polar surface area (TPSA) is 80.4 Å². The van der Waals surface area contributed by atoms with Gasteiger partial charge in [0.2, 0.25) is 5.69 Å². The summed E-state index contributed by atoms with van der Waals surface area (Å²) in [6, 6.07) is 12.7. The van der Waals surface area contributed by atoms with E-state index < -0.39 is 23.0 Å². The fraction of sp³-hybridized carbons (Fsp3) is 0.304. The molecule has 0 atom stereocenters. The number of aryl methyl sites for hydroxylation is 1. The van der Waals surface area contributed by atoms with Crippen LogP contribution in [0.15, 0.2) is 58.1 Å². The predicted octanol–water partition coefficient (Wildman–Crippen LogP) is 1.28. The van der Waals surface area contributed by atoms with Crippen molar-refractivity contribution in [1.82, 2.24) is 24.1 Å². The molecule has 0 saturated carbocycles. The Labute approximate surface area is 184 Å². The highest BCUT2D eigenvalue weighted by Gasteiger charge is 2.27. The molecule has 0 spiro atoms. The summed E-state index contributed by atoms with van der Waals surface area (Å²) in [7, 11) is 1.96. The zero-order chi connectivity index (χ0) is 22.8. The normalized spacial score (nSPS) is 14.5. The molecule has 2 aromatic carbocycles. The third-order valence-corrected chi connectivity index (χ3v) is 5.56. The number of amides is 1. The standard InChI is InChI=1S/C23H24FN5O3/c1-16-6-8-19(9-7-16)29-23(32)28(15-17-4-3-5-18(24)14-17)22(31)20(25-29)21(30)27-12-10-26(2)11-13-27/h3-9,14H,10-13,15H2,1-2H3. The quantitative estimate of drug-likeness (QED) is 0.614. The van der Waals surface area contributed by atoms with Crippen LogP contribution in [-0.2, 0) is 6.54 Å². The summed E-state index contributed by atoms with van der Waals surface area (Å²) in [5.41, 5.74) is 0.0456. The van der Waals surface area contributed by atoms with Crippen LogP contribution in [0.5, 0.6) is 0 Å². The second-order valence-electron chi connectivity index (χ2n) is 8.00. The number of likely N-dealkylation sites (N-methyl/N-ethyl adjacent to an activating group) is 1. The summed E-state index contributed by atoms with van der Waals surface area (Å²) in [5.74, 6) is -0.992. The van der Waals surface area contributed by atoms with E-state index in [2.05, 4.69) is 10.00 Å². The fourth-order valence-corrected chi connectivity index (χ4v) is 3.62. The molecule has 1 aliphatic rings. The van der Waals surface area contributed by atoms with Crippen LogP contribution < -0.4 is 11.2 Å². The Morgan fingerprint density at radius 2 is 1.72 bits per heavy atom. The Bertz CT molecular complexity index is 1260. The van der Waals surface area contributed by atoms with Crippen LogP contribution in [0.1, 0.15) is 21.6 Å². The van der Waals surface area contributed by atoms with Gasteiger partial charge in [-0.05, 0) is 43.8 Å². The summed E-state index contributed by atoms with van der Waals surface area (Å²) in [6.45, 7) is 4.02. The van der Waals surface area contributed by atoms with E-state index in [0.717, 1.165) is 14.8 Å². The maximum atomic E-state index is 13.7. The minimum atomic E-state index is -0.786. The molecule has 0 N–H and O–H groups in total. The highest BCUT2D eigenvalue weighted by atomic mass is 19.1. The van der Waals surface area contributed by atoms with Crippen molar-refractivity contribution in [3.8, 4) is 5.69 Å².